The van der Waals surface area contributed by atoms with Gasteiger partial charge in [-0.25, -0.2) is 9.37 Å². The van der Waals surface area contributed by atoms with Crippen molar-refractivity contribution in [2.24, 2.45) is 0 Å². The molecule has 0 spiro atoms. The molecule has 1 aromatic carbocycles. The van der Waals surface area contributed by atoms with Crippen LogP contribution in [-0.4, -0.2) is 34.8 Å². The van der Waals surface area contributed by atoms with Crippen LogP contribution in [-0.2, 0) is 16.0 Å². The summed E-state index contributed by atoms with van der Waals surface area (Å²) in [5, 5.41) is 2.75. The summed E-state index contributed by atoms with van der Waals surface area (Å²) >= 11 is 1.53. The molecular formula is C17H18FN3O2S. The number of carbonyl (C=O) groups is 2. The number of nitrogens with one attached hydrogen (secondary N) is 1. The first kappa shape index (κ1) is 16.6. The first-order chi connectivity index (χ1) is 11.6. The number of hydrogen-bond acceptors (Lipinski definition) is 4. The van der Waals surface area contributed by atoms with Gasteiger partial charge in [-0.15, -0.1) is 11.3 Å². The van der Waals surface area contributed by atoms with Crippen LogP contribution in [0.1, 0.15) is 28.6 Å². The van der Waals surface area contributed by atoms with Gasteiger partial charge >= 0.3 is 0 Å². The normalized spacial score (nSPS) is 17.7. The van der Waals surface area contributed by atoms with Gasteiger partial charge in [-0.2, -0.15) is 0 Å². The number of benzene rings is 1. The lowest BCUT2D eigenvalue weighted by Gasteiger charge is -2.35. The van der Waals surface area contributed by atoms with Crippen LogP contribution in [0.2, 0.25) is 0 Å². The van der Waals surface area contributed by atoms with Crippen LogP contribution in [0.15, 0.2) is 29.8 Å². The van der Waals surface area contributed by atoms with Crippen molar-refractivity contribution in [3.8, 4) is 0 Å². The molecule has 1 N–H and O–H groups in total. The molecule has 1 aromatic heterocycles. The number of nitrogens with zero attached hydrogens (tertiary/aromatic N) is 2. The number of carbonyl (C=O) groups excluding carboxylic acids is 2. The van der Waals surface area contributed by atoms with Crippen molar-refractivity contribution in [2.75, 3.05) is 13.1 Å². The van der Waals surface area contributed by atoms with Crippen LogP contribution >= 0.6 is 11.3 Å². The van der Waals surface area contributed by atoms with Gasteiger partial charge in [-0.1, -0.05) is 12.1 Å². The van der Waals surface area contributed by atoms with E-state index in [4.69, 9.17) is 0 Å². The molecule has 5 nitrogen and oxygen atoms in total. The molecular weight excluding hydrogens is 329 g/mol. The van der Waals surface area contributed by atoms with Crippen LogP contribution in [0, 0.1) is 12.7 Å². The van der Waals surface area contributed by atoms with Gasteiger partial charge in [0.1, 0.15) is 11.9 Å². The van der Waals surface area contributed by atoms with Crippen LogP contribution < -0.4 is 5.32 Å². The van der Waals surface area contributed by atoms with E-state index in [1.807, 2.05) is 6.92 Å². The maximum absolute atomic E-state index is 13.5. The average Bonchev–Trinajstić information content (AvgIpc) is 2.97. The smallest absolute Gasteiger partial charge is 0.247 e. The predicted molar refractivity (Wildman–Crippen MR) is 89.0 cm³/mol. The third-order valence-electron chi connectivity index (χ3n) is 4.11. The molecule has 1 unspecified atom stereocenters. The Morgan fingerprint density at radius 3 is 3.04 bits per heavy atom. The quantitative estimate of drug-likeness (QED) is 0.922. The lowest BCUT2D eigenvalue weighted by atomic mass is 10.0. The molecule has 1 aliphatic rings. The number of hydrogen-bond donors (Lipinski definition) is 1. The fourth-order valence-electron chi connectivity index (χ4n) is 2.87. The number of amides is 2. The summed E-state index contributed by atoms with van der Waals surface area (Å²) in [6.45, 7) is 2.75. The predicted octanol–water partition coefficient (Wildman–Crippen LogP) is 2.22. The molecule has 126 valence electrons. The Morgan fingerprint density at radius 2 is 2.33 bits per heavy atom. The summed E-state index contributed by atoms with van der Waals surface area (Å²) in [7, 11) is 0. The fraction of sp³-hybridized carbons (Fsp3) is 0.353. The van der Waals surface area contributed by atoms with Crippen LogP contribution in [0.4, 0.5) is 4.39 Å². The van der Waals surface area contributed by atoms with Crippen molar-refractivity contribution in [1.29, 1.82) is 0 Å². The zero-order chi connectivity index (χ0) is 17.1. The van der Waals surface area contributed by atoms with E-state index in [1.165, 1.54) is 23.5 Å². The maximum atomic E-state index is 13.5. The molecule has 1 atom stereocenters. The molecule has 2 heterocycles. The van der Waals surface area contributed by atoms with Crippen molar-refractivity contribution >= 4 is 23.2 Å². The van der Waals surface area contributed by atoms with Crippen molar-refractivity contribution in [3.05, 3.63) is 51.7 Å². The van der Waals surface area contributed by atoms with E-state index < -0.39 is 11.9 Å². The Labute approximate surface area is 143 Å². The van der Waals surface area contributed by atoms with E-state index in [2.05, 4.69) is 10.3 Å². The minimum Gasteiger partial charge on any atom is -0.352 e. The van der Waals surface area contributed by atoms with Crippen LogP contribution in [0.3, 0.4) is 0 Å². The maximum Gasteiger partial charge on any atom is 0.247 e. The standard InChI is InChI=1S/C17H18FN3O2S/c1-11-14(24-10-20-11)5-6-15(22)21-8-7-19-17(23)16(21)12-3-2-4-13(18)9-12/h2-4,9-10,16H,5-8H2,1H3,(H,19,23). The topological polar surface area (TPSA) is 62.3 Å². The van der Waals surface area contributed by atoms with Crippen molar-refractivity contribution in [1.82, 2.24) is 15.2 Å². The molecule has 0 aliphatic carbocycles. The average molecular weight is 347 g/mol. The Bertz CT molecular complexity index is 762. The summed E-state index contributed by atoms with van der Waals surface area (Å²) in [6, 6.07) is 5.08. The number of rotatable bonds is 4. The van der Waals surface area contributed by atoms with Gasteiger partial charge in [0.05, 0.1) is 11.2 Å². The number of aromatic nitrogens is 1. The molecule has 0 saturated carbocycles. The SMILES string of the molecule is Cc1ncsc1CCC(=O)N1CCNC(=O)C1c1cccc(F)c1. The summed E-state index contributed by atoms with van der Waals surface area (Å²) in [4.78, 5) is 31.7. The van der Waals surface area contributed by atoms with Gasteiger partial charge in [-0.05, 0) is 31.0 Å². The molecule has 3 rings (SSSR count). The second-order valence-electron chi connectivity index (χ2n) is 5.70. The zero-order valence-electron chi connectivity index (χ0n) is 13.3. The van der Waals surface area contributed by atoms with E-state index in [0.717, 1.165) is 10.6 Å². The van der Waals surface area contributed by atoms with E-state index >= 15 is 0 Å². The first-order valence-electron chi connectivity index (χ1n) is 7.78. The van der Waals surface area contributed by atoms with Gasteiger partial charge in [0.25, 0.3) is 0 Å². The van der Waals surface area contributed by atoms with Gasteiger partial charge in [0.2, 0.25) is 11.8 Å². The Kier molecular flexibility index (Phi) is 4.89. The third kappa shape index (κ3) is 3.46. The fourth-order valence-corrected chi connectivity index (χ4v) is 3.65. The molecule has 2 amide bonds. The van der Waals surface area contributed by atoms with Crippen LogP contribution in [0.5, 0.6) is 0 Å². The second-order valence-corrected chi connectivity index (χ2v) is 6.64. The highest BCUT2D eigenvalue weighted by Gasteiger charge is 2.34. The van der Waals surface area contributed by atoms with Gasteiger partial charge in [0, 0.05) is 24.4 Å². The molecule has 7 heteroatoms. The summed E-state index contributed by atoms with van der Waals surface area (Å²) in [5.74, 6) is -0.792. The number of thiazole rings is 1. The molecule has 1 saturated heterocycles. The lowest BCUT2D eigenvalue weighted by Crippen LogP contribution is -2.52. The van der Waals surface area contributed by atoms with E-state index in [0.29, 0.717) is 31.5 Å². The van der Waals surface area contributed by atoms with Gasteiger partial charge in [-0.3, -0.25) is 9.59 Å². The lowest BCUT2D eigenvalue weighted by molar-refractivity contribution is -0.143. The number of halogens is 1. The summed E-state index contributed by atoms with van der Waals surface area (Å²) in [5.41, 5.74) is 3.19. The minimum absolute atomic E-state index is 0.105. The van der Waals surface area contributed by atoms with Crippen molar-refractivity contribution < 1.29 is 14.0 Å². The summed E-state index contributed by atoms with van der Waals surface area (Å²) < 4.78 is 13.5. The molecule has 0 radical (unpaired) electrons. The molecule has 2 aromatic rings. The summed E-state index contributed by atoms with van der Waals surface area (Å²) in [6.07, 6.45) is 0.908. The van der Waals surface area contributed by atoms with E-state index in [1.54, 1.807) is 22.5 Å². The van der Waals surface area contributed by atoms with Gasteiger partial charge in [0.15, 0.2) is 0 Å². The van der Waals surface area contributed by atoms with Gasteiger partial charge < -0.3 is 10.2 Å². The minimum atomic E-state index is -0.774. The Morgan fingerprint density at radius 1 is 1.50 bits per heavy atom. The Hall–Kier alpha value is -2.28. The third-order valence-corrected chi connectivity index (χ3v) is 5.10. The number of piperazine rings is 1. The highest BCUT2D eigenvalue weighted by Crippen LogP contribution is 2.25. The monoisotopic (exact) mass is 347 g/mol. The highest BCUT2D eigenvalue weighted by atomic mass is 32.1. The highest BCUT2D eigenvalue weighted by molar-refractivity contribution is 7.09. The van der Waals surface area contributed by atoms with E-state index in [-0.39, 0.29) is 11.8 Å². The van der Waals surface area contributed by atoms with Crippen molar-refractivity contribution in [3.63, 3.8) is 0 Å². The molecule has 1 fully saturated rings. The molecule has 1 aliphatic heterocycles. The molecule has 0 bridgehead atoms. The van der Waals surface area contributed by atoms with Crippen LogP contribution in [0.25, 0.3) is 0 Å². The van der Waals surface area contributed by atoms with Crippen molar-refractivity contribution in [2.45, 2.75) is 25.8 Å². The first-order valence-corrected chi connectivity index (χ1v) is 8.66. The number of aryl methyl sites for hydroxylation is 2. The molecule has 24 heavy (non-hydrogen) atoms. The largest absolute Gasteiger partial charge is 0.352 e. The zero-order valence-corrected chi connectivity index (χ0v) is 14.1. The second kappa shape index (κ2) is 7.09. The Balaban J connectivity index is 1.77. The van der Waals surface area contributed by atoms with E-state index in [9.17, 15) is 14.0 Å².